The minimum absolute atomic E-state index is 0.00199. The van der Waals surface area contributed by atoms with Gasteiger partial charge < -0.3 is 20.7 Å². The van der Waals surface area contributed by atoms with Crippen molar-refractivity contribution < 1.29 is 40.7 Å². The highest BCUT2D eigenvalue weighted by molar-refractivity contribution is 5.90. The van der Waals surface area contributed by atoms with E-state index in [0.717, 1.165) is 30.3 Å². The minimum Gasteiger partial charge on any atom is -0.488 e. The summed E-state index contributed by atoms with van der Waals surface area (Å²) in [6.07, 6.45) is -7.56. The first-order valence-corrected chi connectivity index (χ1v) is 10.7. The zero-order valence-corrected chi connectivity index (χ0v) is 18.5. The van der Waals surface area contributed by atoms with E-state index >= 15 is 0 Å². The van der Waals surface area contributed by atoms with Gasteiger partial charge in [-0.1, -0.05) is 6.07 Å². The molecule has 2 aromatic carbocycles. The second-order valence-electron chi connectivity index (χ2n) is 8.16. The lowest BCUT2D eigenvalue weighted by molar-refractivity contribution is -0.138. The summed E-state index contributed by atoms with van der Waals surface area (Å²) in [5, 5.41) is 7.43. The number of anilines is 2. The van der Waals surface area contributed by atoms with Gasteiger partial charge in [0.25, 0.3) is 0 Å². The molecule has 0 saturated heterocycles. The van der Waals surface area contributed by atoms with Gasteiger partial charge in [-0.25, -0.2) is 4.79 Å². The van der Waals surface area contributed by atoms with Crippen LogP contribution in [0.4, 0.5) is 42.5 Å². The molecule has 0 bridgehead atoms. The number of rotatable bonds is 5. The van der Waals surface area contributed by atoms with Crippen LogP contribution in [0.1, 0.15) is 43.7 Å². The van der Waals surface area contributed by atoms with Crippen molar-refractivity contribution in [2.45, 2.75) is 57.1 Å². The van der Waals surface area contributed by atoms with Gasteiger partial charge in [0.15, 0.2) is 0 Å². The summed E-state index contributed by atoms with van der Waals surface area (Å²) in [5.74, 6) is -0.444. The molecule has 0 radical (unpaired) electrons. The highest BCUT2D eigenvalue weighted by Gasteiger charge is 2.32. The fraction of sp³-hybridized carbons (Fsp3) is 0.391. The highest BCUT2D eigenvalue weighted by Crippen LogP contribution is 2.36. The number of alkyl halides is 6. The zero-order chi connectivity index (χ0) is 25.8. The van der Waals surface area contributed by atoms with Crippen molar-refractivity contribution in [1.29, 1.82) is 0 Å². The van der Waals surface area contributed by atoms with Crippen molar-refractivity contribution in [1.82, 2.24) is 5.32 Å². The van der Waals surface area contributed by atoms with Crippen LogP contribution >= 0.6 is 0 Å². The van der Waals surface area contributed by atoms with Crippen LogP contribution in [-0.2, 0) is 17.1 Å². The van der Waals surface area contributed by atoms with Gasteiger partial charge >= 0.3 is 18.4 Å². The summed E-state index contributed by atoms with van der Waals surface area (Å²) in [4.78, 5) is 23.6. The molecule has 6 nitrogen and oxygen atoms in total. The average molecular weight is 503 g/mol. The Kier molecular flexibility index (Phi) is 7.81. The lowest BCUT2D eigenvalue weighted by Gasteiger charge is -2.30. The number of hydrogen-bond donors (Lipinski definition) is 3. The Morgan fingerprint density at radius 3 is 2.09 bits per heavy atom. The molecule has 0 aromatic heterocycles. The van der Waals surface area contributed by atoms with Crippen molar-refractivity contribution in [3.8, 4) is 5.75 Å². The van der Waals surface area contributed by atoms with E-state index in [1.165, 1.54) is 19.1 Å². The Hall–Kier alpha value is -3.44. The van der Waals surface area contributed by atoms with Crippen LogP contribution < -0.4 is 20.7 Å². The van der Waals surface area contributed by atoms with Gasteiger partial charge in [0, 0.05) is 18.7 Å². The Labute approximate surface area is 197 Å². The molecule has 1 aliphatic rings. The van der Waals surface area contributed by atoms with E-state index in [4.69, 9.17) is 4.74 Å². The number of benzene rings is 2. The van der Waals surface area contributed by atoms with Crippen LogP contribution in [0.3, 0.4) is 0 Å². The highest BCUT2D eigenvalue weighted by atomic mass is 19.4. The van der Waals surface area contributed by atoms with Crippen LogP contribution in [-0.4, -0.2) is 24.1 Å². The number of carbonyl (C=O) groups excluding carboxylic acids is 2. The van der Waals surface area contributed by atoms with Crippen molar-refractivity contribution in [2.24, 2.45) is 0 Å². The summed E-state index contributed by atoms with van der Waals surface area (Å²) < 4.78 is 83.3. The molecule has 1 saturated carbocycles. The second-order valence-corrected chi connectivity index (χ2v) is 8.16. The van der Waals surface area contributed by atoms with Gasteiger partial charge in [0.1, 0.15) is 5.75 Å². The maximum atomic E-state index is 13.0. The summed E-state index contributed by atoms with van der Waals surface area (Å²) in [7, 11) is 0. The van der Waals surface area contributed by atoms with E-state index in [1.807, 2.05) is 0 Å². The molecule has 3 amide bonds. The van der Waals surface area contributed by atoms with Gasteiger partial charge in [0.2, 0.25) is 5.91 Å². The van der Waals surface area contributed by atoms with E-state index in [0.29, 0.717) is 25.7 Å². The number of carbonyl (C=O) groups is 2. The van der Waals surface area contributed by atoms with Gasteiger partial charge in [-0.15, -0.1) is 0 Å². The van der Waals surface area contributed by atoms with Crippen LogP contribution in [0.25, 0.3) is 0 Å². The van der Waals surface area contributed by atoms with E-state index in [-0.39, 0.29) is 29.3 Å². The van der Waals surface area contributed by atoms with E-state index in [1.54, 1.807) is 0 Å². The maximum Gasteiger partial charge on any atom is 0.416 e. The molecule has 0 spiro atoms. The molecule has 12 heteroatoms. The van der Waals surface area contributed by atoms with E-state index in [2.05, 4.69) is 16.0 Å². The average Bonchev–Trinajstić information content (AvgIpc) is 2.74. The molecule has 2 aromatic rings. The van der Waals surface area contributed by atoms with Crippen molar-refractivity contribution >= 4 is 23.3 Å². The van der Waals surface area contributed by atoms with Crippen molar-refractivity contribution in [2.75, 3.05) is 10.6 Å². The Bertz CT molecular complexity index is 1060. The Morgan fingerprint density at radius 2 is 1.49 bits per heavy atom. The Morgan fingerprint density at radius 1 is 0.857 bits per heavy atom. The number of halogens is 6. The maximum absolute atomic E-state index is 13.0. The van der Waals surface area contributed by atoms with Gasteiger partial charge in [-0.3, -0.25) is 4.79 Å². The van der Waals surface area contributed by atoms with Crippen LogP contribution in [0.5, 0.6) is 5.75 Å². The Balaban J connectivity index is 1.55. The van der Waals surface area contributed by atoms with Crippen LogP contribution in [0.15, 0.2) is 42.5 Å². The molecule has 0 unspecified atom stereocenters. The largest absolute Gasteiger partial charge is 0.488 e. The zero-order valence-electron chi connectivity index (χ0n) is 18.5. The van der Waals surface area contributed by atoms with Crippen LogP contribution in [0, 0.1) is 0 Å². The first kappa shape index (κ1) is 26.2. The number of amides is 3. The third kappa shape index (κ3) is 7.52. The number of nitrogens with one attached hydrogen (secondary N) is 3. The summed E-state index contributed by atoms with van der Waals surface area (Å²) in [6, 6.07) is 6.19. The molecular weight excluding hydrogens is 480 g/mol. The summed E-state index contributed by atoms with van der Waals surface area (Å²) in [5.41, 5.74) is -1.89. The fourth-order valence-corrected chi connectivity index (χ4v) is 3.73. The van der Waals surface area contributed by atoms with Gasteiger partial charge in [-0.05, 0) is 62.1 Å². The number of urea groups is 1. The van der Waals surface area contributed by atoms with Crippen molar-refractivity contribution in [3.05, 3.63) is 53.6 Å². The molecule has 1 fully saturated rings. The number of hydrogen-bond acceptors (Lipinski definition) is 3. The monoisotopic (exact) mass is 503 g/mol. The normalized spacial score (nSPS) is 18.5. The van der Waals surface area contributed by atoms with Crippen molar-refractivity contribution in [3.63, 3.8) is 0 Å². The predicted molar refractivity (Wildman–Crippen MR) is 116 cm³/mol. The van der Waals surface area contributed by atoms with E-state index in [9.17, 15) is 35.9 Å². The fourth-order valence-electron chi connectivity index (χ4n) is 3.73. The third-order valence-electron chi connectivity index (χ3n) is 5.37. The predicted octanol–water partition coefficient (Wildman–Crippen LogP) is 6.19. The smallest absolute Gasteiger partial charge is 0.416 e. The lowest BCUT2D eigenvalue weighted by atomic mass is 9.93. The molecular formula is C23H23F6N3O3. The molecule has 35 heavy (non-hydrogen) atoms. The van der Waals surface area contributed by atoms with E-state index < -0.39 is 35.4 Å². The molecule has 3 N–H and O–H groups in total. The molecule has 190 valence electrons. The van der Waals surface area contributed by atoms with Gasteiger partial charge in [0.05, 0.1) is 22.9 Å². The quantitative estimate of drug-likeness (QED) is 0.426. The molecule has 0 aliphatic heterocycles. The SMILES string of the molecule is CC(=O)Nc1cc(C(F)(F)F)ccc1OC1CCC(NC(=O)Nc2cccc(C(F)(F)F)c2)CC1. The number of ether oxygens (including phenoxy) is 1. The molecule has 0 atom stereocenters. The molecule has 1 aliphatic carbocycles. The minimum atomic E-state index is -4.58. The van der Waals surface area contributed by atoms with Crippen LogP contribution in [0.2, 0.25) is 0 Å². The first-order valence-electron chi connectivity index (χ1n) is 10.7. The van der Waals surface area contributed by atoms with Gasteiger partial charge in [-0.2, -0.15) is 26.3 Å². The summed E-state index contributed by atoms with van der Waals surface area (Å²) in [6.45, 7) is 1.17. The summed E-state index contributed by atoms with van der Waals surface area (Å²) >= 11 is 0. The topological polar surface area (TPSA) is 79.5 Å². The standard InChI is InChI=1S/C23H23F6N3O3/c1-13(33)30-19-12-15(23(27,28)29)5-10-20(19)35-18-8-6-16(7-9-18)31-21(34)32-17-4-2-3-14(11-17)22(24,25)26/h2-5,10-12,16,18H,6-9H2,1H3,(H,30,33)(H2,31,32,34). The third-order valence-corrected chi connectivity index (χ3v) is 5.37. The second kappa shape index (κ2) is 10.4. The lowest BCUT2D eigenvalue weighted by Crippen LogP contribution is -2.41. The molecule has 0 heterocycles. The molecule has 3 rings (SSSR count). The first-order chi connectivity index (χ1) is 16.3.